The highest BCUT2D eigenvalue weighted by atomic mass is 16.6. The molecule has 17 heavy (non-hydrogen) atoms. The summed E-state index contributed by atoms with van der Waals surface area (Å²) in [6, 6.07) is 1.73. The zero-order chi connectivity index (χ0) is 12.9. The van der Waals surface area contributed by atoms with Gasteiger partial charge in [0.1, 0.15) is 5.60 Å². The minimum absolute atomic E-state index is 0.388. The Morgan fingerprint density at radius 2 is 2.12 bits per heavy atom. The van der Waals surface area contributed by atoms with Crippen LogP contribution in [-0.2, 0) is 9.47 Å². The van der Waals surface area contributed by atoms with E-state index in [-0.39, 0.29) is 5.97 Å². The van der Waals surface area contributed by atoms with Crippen molar-refractivity contribution in [2.45, 2.75) is 26.4 Å². The Morgan fingerprint density at radius 3 is 2.71 bits per heavy atom. The summed E-state index contributed by atoms with van der Waals surface area (Å²) in [6.07, 6.45) is 6.30. The van der Waals surface area contributed by atoms with Crippen LogP contribution in [0.4, 0.5) is 0 Å². The topological polar surface area (TPSA) is 48.4 Å². The molecule has 4 heteroatoms. The second-order valence-electron chi connectivity index (χ2n) is 4.50. The highest BCUT2D eigenvalue weighted by Gasteiger charge is 2.19. The molecule has 0 fully saturated rings. The fourth-order valence-corrected chi connectivity index (χ4v) is 1.20. The van der Waals surface area contributed by atoms with Crippen LogP contribution in [0.3, 0.4) is 0 Å². The van der Waals surface area contributed by atoms with Crippen molar-refractivity contribution in [3.63, 3.8) is 0 Å². The van der Waals surface area contributed by atoms with Crippen molar-refractivity contribution in [1.29, 1.82) is 0 Å². The van der Waals surface area contributed by atoms with Gasteiger partial charge in [-0.2, -0.15) is 0 Å². The molecule has 0 saturated carbocycles. The molecule has 0 unspecified atom stereocenters. The number of methoxy groups -OCH3 is 1. The standard InChI is InChI=1S/C13H17NO3/c1-13(2,3)17-12(15)11-9-14-7-5-10(11)6-8-16-4/h5-9H,1-4H3. The van der Waals surface area contributed by atoms with Crippen molar-refractivity contribution < 1.29 is 14.3 Å². The quantitative estimate of drug-likeness (QED) is 0.597. The highest BCUT2D eigenvalue weighted by molar-refractivity contribution is 5.93. The van der Waals surface area contributed by atoms with E-state index in [1.165, 1.54) is 12.5 Å². The van der Waals surface area contributed by atoms with Gasteiger partial charge in [-0.05, 0) is 38.5 Å². The van der Waals surface area contributed by atoms with Gasteiger partial charge in [0.25, 0.3) is 0 Å². The molecule has 92 valence electrons. The Kier molecular flexibility index (Phi) is 4.26. The Labute approximate surface area is 101 Å². The summed E-state index contributed by atoms with van der Waals surface area (Å²) in [4.78, 5) is 15.8. The summed E-state index contributed by atoms with van der Waals surface area (Å²) < 4.78 is 10.1. The van der Waals surface area contributed by atoms with Crippen molar-refractivity contribution in [1.82, 2.24) is 4.98 Å². The van der Waals surface area contributed by atoms with Crippen LogP contribution in [0.2, 0.25) is 0 Å². The number of rotatable bonds is 3. The van der Waals surface area contributed by atoms with Crippen molar-refractivity contribution in [2.75, 3.05) is 7.11 Å². The van der Waals surface area contributed by atoms with Crippen molar-refractivity contribution in [2.24, 2.45) is 0 Å². The minimum atomic E-state index is -0.519. The van der Waals surface area contributed by atoms with Crippen LogP contribution in [0.5, 0.6) is 0 Å². The molecule has 1 aromatic heterocycles. The number of aromatic nitrogens is 1. The van der Waals surface area contributed by atoms with Crippen LogP contribution in [0.15, 0.2) is 24.7 Å². The summed E-state index contributed by atoms with van der Waals surface area (Å²) in [6.45, 7) is 5.48. The predicted molar refractivity (Wildman–Crippen MR) is 65.4 cm³/mol. The van der Waals surface area contributed by atoms with E-state index in [1.807, 2.05) is 20.8 Å². The number of nitrogens with zero attached hydrogens (tertiary/aromatic N) is 1. The summed E-state index contributed by atoms with van der Waals surface area (Å²) in [5.74, 6) is -0.388. The van der Waals surface area contributed by atoms with E-state index in [1.54, 1.807) is 25.4 Å². The average molecular weight is 235 g/mol. The van der Waals surface area contributed by atoms with Gasteiger partial charge in [-0.1, -0.05) is 0 Å². The fourth-order valence-electron chi connectivity index (χ4n) is 1.20. The van der Waals surface area contributed by atoms with Crippen LogP contribution in [0, 0.1) is 0 Å². The van der Waals surface area contributed by atoms with Crippen LogP contribution in [-0.4, -0.2) is 23.7 Å². The van der Waals surface area contributed by atoms with Gasteiger partial charge in [-0.15, -0.1) is 0 Å². The summed E-state index contributed by atoms with van der Waals surface area (Å²) in [7, 11) is 1.55. The molecule has 0 radical (unpaired) electrons. The molecular formula is C13H17NO3. The second kappa shape index (κ2) is 5.48. The minimum Gasteiger partial charge on any atom is -0.504 e. The van der Waals surface area contributed by atoms with Gasteiger partial charge in [-0.3, -0.25) is 4.98 Å². The molecule has 0 aliphatic rings. The molecule has 0 aliphatic carbocycles. The molecular weight excluding hydrogens is 218 g/mol. The fraction of sp³-hybridized carbons (Fsp3) is 0.385. The third kappa shape index (κ3) is 4.26. The zero-order valence-corrected chi connectivity index (χ0v) is 10.6. The van der Waals surface area contributed by atoms with Crippen LogP contribution in [0.1, 0.15) is 36.7 Å². The number of carbonyl (C=O) groups excluding carboxylic acids is 1. The molecule has 4 nitrogen and oxygen atoms in total. The maximum atomic E-state index is 11.9. The maximum Gasteiger partial charge on any atom is 0.340 e. The monoisotopic (exact) mass is 235 g/mol. The third-order valence-corrected chi connectivity index (χ3v) is 1.86. The smallest absolute Gasteiger partial charge is 0.340 e. The first kappa shape index (κ1) is 13.2. The molecule has 1 aromatic rings. The predicted octanol–water partition coefficient (Wildman–Crippen LogP) is 2.65. The van der Waals surface area contributed by atoms with E-state index in [0.717, 1.165) is 5.56 Å². The number of ether oxygens (including phenoxy) is 2. The molecule has 0 amide bonds. The Hall–Kier alpha value is -1.84. The lowest BCUT2D eigenvalue weighted by molar-refractivity contribution is 0.00689. The van der Waals surface area contributed by atoms with Crippen LogP contribution in [0.25, 0.3) is 6.08 Å². The van der Waals surface area contributed by atoms with Crippen molar-refractivity contribution in [3.05, 3.63) is 35.8 Å². The van der Waals surface area contributed by atoms with Crippen molar-refractivity contribution in [3.8, 4) is 0 Å². The van der Waals surface area contributed by atoms with Crippen LogP contribution >= 0.6 is 0 Å². The van der Waals surface area contributed by atoms with Crippen LogP contribution < -0.4 is 0 Å². The Balaban J connectivity index is 2.97. The van der Waals surface area contributed by atoms with E-state index in [9.17, 15) is 4.79 Å². The van der Waals surface area contributed by atoms with E-state index < -0.39 is 5.60 Å². The highest BCUT2D eigenvalue weighted by Crippen LogP contribution is 2.15. The molecule has 0 N–H and O–H groups in total. The van der Waals surface area contributed by atoms with Gasteiger partial charge in [0.2, 0.25) is 0 Å². The first-order chi connectivity index (χ1) is 7.94. The first-order valence-electron chi connectivity index (χ1n) is 5.31. The summed E-state index contributed by atoms with van der Waals surface area (Å²) in [5, 5.41) is 0. The van der Waals surface area contributed by atoms with Gasteiger partial charge in [-0.25, -0.2) is 4.79 Å². The lowest BCUT2D eigenvalue weighted by Gasteiger charge is -2.19. The number of hydrogen-bond acceptors (Lipinski definition) is 4. The van der Waals surface area contributed by atoms with Gasteiger partial charge < -0.3 is 9.47 Å². The number of carbonyl (C=O) groups is 1. The van der Waals surface area contributed by atoms with Crippen molar-refractivity contribution >= 4 is 12.0 Å². The normalized spacial score (nSPS) is 11.5. The molecule has 0 aromatic carbocycles. The largest absolute Gasteiger partial charge is 0.504 e. The molecule has 0 aliphatic heterocycles. The zero-order valence-electron chi connectivity index (χ0n) is 10.6. The van der Waals surface area contributed by atoms with Gasteiger partial charge in [0, 0.05) is 12.4 Å². The summed E-state index contributed by atoms with van der Waals surface area (Å²) >= 11 is 0. The lowest BCUT2D eigenvalue weighted by Crippen LogP contribution is -2.24. The van der Waals surface area contributed by atoms with E-state index in [0.29, 0.717) is 5.56 Å². The van der Waals surface area contributed by atoms with E-state index in [4.69, 9.17) is 9.47 Å². The molecule has 1 heterocycles. The van der Waals surface area contributed by atoms with Gasteiger partial charge in [0.05, 0.1) is 18.9 Å². The number of esters is 1. The first-order valence-corrected chi connectivity index (χ1v) is 5.31. The van der Waals surface area contributed by atoms with E-state index in [2.05, 4.69) is 4.98 Å². The molecule has 1 rings (SSSR count). The maximum absolute atomic E-state index is 11.9. The van der Waals surface area contributed by atoms with Gasteiger partial charge >= 0.3 is 5.97 Å². The average Bonchev–Trinajstić information content (AvgIpc) is 2.24. The van der Waals surface area contributed by atoms with E-state index >= 15 is 0 Å². The molecule has 0 saturated heterocycles. The molecule has 0 spiro atoms. The third-order valence-electron chi connectivity index (χ3n) is 1.86. The number of hydrogen-bond donors (Lipinski definition) is 0. The molecule has 0 bridgehead atoms. The number of pyridine rings is 1. The van der Waals surface area contributed by atoms with Gasteiger partial charge in [0.15, 0.2) is 0 Å². The Morgan fingerprint density at radius 1 is 1.41 bits per heavy atom. The molecule has 0 atom stereocenters. The second-order valence-corrected chi connectivity index (χ2v) is 4.50. The SMILES string of the molecule is COC=Cc1ccncc1C(=O)OC(C)(C)C. The lowest BCUT2D eigenvalue weighted by atomic mass is 10.1. The summed E-state index contributed by atoms with van der Waals surface area (Å²) in [5.41, 5.74) is 0.627. The Bertz CT molecular complexity index is 419.